The molecule has 1 N–H and O–H groups in total. The average Bonchev–Trinajstić information content (AvgIpc) is 2.46. The quantitative estimate of drug-likeness (QED) is 0.395. The van der Waals surface area contributed by atoms with Gasteiger partial charge in [0, 0.05) is 17.7 Å². The van der Waals surface area contributed by atoms with Crippen LogP contribution >= 0.6 is 0 Å². The molecule has 1 rings (SSSR count). The van der Waals surface area contributed by atoms with Crippen molar-refractivity contribution in [3.63, 3.8) is 0 Å². The van der Waals surface area contributed by atoms with E-state index in [9.17, 15) is 15.2 Å². The summed E-state index contributed by atoms with van der Waals surface area (Å²) in [4.78, 5) is 10.3. The van der Waals surface area contributed by atoms with Gasteiger partial charge in [-0.1, -0.05) is 39.0 Å². The molecule has 0 saturated carbocycles. The van der Waals surface area contributed by atoms with Gasteiger partial charge in [0.1, 0.15) is 5.75 Å². The third kappa shape index (κ3) is 6.12. The fourth-order valence-corrected chi connectivity index (χ4v) is 2.17. The van der Waals surface area contributed by atoms with Crippen LogP contribution < -0.4 is 4.74 Å². The summed E-state index contributed by atoms with van der Waals surface area (Å²) in [6.45, 7) is 4.34. The van der Waals surface area contributed by atoms with Gasteiger partial charge in [0.05, 0.1) is 17.6 Å². The number of nitro benzene ring substituents is 1. The van der Waals surface area contributed by atoms with Gasteiger partial charge in [0.25, 0.3) is 5.69 Å². The lowest BCUT2D eigenvalue weighted by atomic mass is 10.1. The average molecular weight is 295 g/mol. The molecule has 0 aliphatic heterocycles. The van der Waals surface area contributed by atoms with Crippen LogP contribution in [0.4, 0.5) is 5.69 Å². The third-order valence-electron chi connectivity index (χ3n) is 3.41. The Bertz CT molecular complexity index is 446. The van der Waals surface area contributed by atoms with Gasteiger partial charge in [0.15, 0.2) is 0 Å². The first kappa shape index (κ1) is 17.4. The minimum absolute atomic E-state index is 0.0298. The number of non-ortho nitro benzene ring substituents is 1. The van der Waals surface area contributed by atoms with Gasteiger partial charge in [-0.15, -0.1) is 0 Å². The maximum absolute atomic E-state index is 10.8. The standard InChI is InChI=1S/C16H25NO4/c1-3-4-5-6-7-8-11-21-16-10-9-14(17(19)20)12-15(16)13(2)18/h9-10,12-13,18H,3-8,11H2,1-2H3. The summed E-state index contributed by atoms with van der Waals surface area (Å²) in [6, 6.07) is 4.35. The summed E-state index contributed by atoms with van der Waals surface area (Å²) in [5, 5.41) is 20.5. The highest BCUT2D eigenvalue weighted by Gasteiger charge is 2.15. The SMILES string of the molecule is CCCCCCCCOc1ccc([N+](=O)[O-])cc1C(C)O. The molecule has 1 atom stereocenters. The predicted octanol–water partition coefficient (Wildman–Crippen LogP) is 4.39. The number of hydrogen-bond acceptors (Lipinski definition) is 4. The minimum Gasteiger partial charge on any atom is -0.493 e. The van der Waals surface area contributed by atoms with Crippen LogP contribution in [0.2, 0.25) is 0 Å². The first-order valence-corrected chi connectivity index (χ1v) is 7.65. The molecule has 0 fully saturated rings. The molecule has 0 aliphatic rings. The van der Waals surface area contributed by atoms with E-state index in [0.29, 0.717) is 17.9 Å². The van der Waals surface area contributed by atoms with Gasteiger partial charge < -0.3 is 9.84 Å². The van der Waals surface area contributed by atoms with E-state index in [0.717, 1.165) is 12.8 Å². The van der Waals surface area contributed by atoms with Crippen molar-refractivity contribution in [2.75, 3.05) is 6.61 Å². The van der Waals surface area contributed by atoms with Gasteiger partial charge in [-0.2, -0.15) is 0 Å². The van der Waals surface area contributed by atoms with Crippen LogP contribution in [0, 0.1) is 10.1 Å². The molecule has 0 spiro atoms. The number of nitro groups is 1. The molecular weight excluding hydrogens is 270 g/mol. The molecule has 5 heteroatoms. The molecule has 0 saturated heterocycles. The molecule has 0 heterocycles. The minimum atomic E-state index is -0.788. The van der Waals surface area contributed by atoms with E-state index in [4.69, 9.17) is 4.74 Å². The normalized spacial score (nSPS) is 12.1. The lowest BCUT2D eigenvalue weighted by molar-refractivity contribution is -0.385. The zero-order chi connectivity index (χ0) is 15.7. The molecule has 0 radical (unpaired) electrons. The summed E-state index contributed by atoms with van der Waals surface area (Å²) in [5.41, 5.74) is 0.438. The number of rotatable bonds is 10. The van der Waals surface area contributed by atoms with Gasteiger partial charge in [-0.25, -0.2) is 0 Å². The van der Waals surface area contributed by atoms with Crippen LogP contribution in [0.25, 0.3) is 0 Å². The molecule has 0 aliphatic carbocycles. The van der Waals surface area contributed by atoms with Gasteiger partial charge in [0.2, 0.25) is 0 Å². The first-order valence-electron chi connectivity index (χ1n) is 7.65. The highest BCUT2D eigenvalue weighted by Crippen LogP contribution is 2.29. The Hall–Kier alpha value is -1.62. The van der Waals surface area contributed by atoms with E-state index in [2.05, 4.69) is 6.92 Å². The summed E-state index contributed by atoms with van der Waals surface area (Å²) >= 11 is 0. The van der Waals surface area contributed by atoms with Crippen molar-refractivity contribution in [2.45, 2.75) is 58.5 Å². The molecular formula is C16H25NO4. The Morgan fingerprint density at radius 3 is 2.52 bits per heavy atom. The Balaban J connectivity index is 2.49. The smallest absolute Gasteiger partial charge is 0.270 e. The number of nitrogens with zero attached hydrogens (tertiary/aromatic N) is 1. The third-order valence-corrected chi connectivity index (χ3v) is 3.41. The van der Waals surface area contributed by atoms with Crippen molar-refractivity contribution < 1.29 is 14.8 Å². The van der Waals surface area contributed by atoms with Crippen LogP contribution in [0.3, 0.4) is 0 Å². The molecule has 0 amide bonds. The Morgan fingerprint density at radius 1 is 1.24 bits per heavy atom. The van der Waals surface area contributed by atoms with Crippen LogP contribution in [0.5, 0.6) is 5.75 Å². The van der Waals surface area contributed by atoms with Crippen molar-refractivity contribution in [2.24, 2.45) is 0 Å². The summed E-state index contributed by atoms with van der Waals surface area (Å²) < 4.78 is 5.66. The van der Waals surface area contributed by atoms with E-state index in [-0.39, 0.29) is 5.69 Å². The van der Waals surface area contributed by atoms with E-state index in [1.165, 1.54) is 37.8 Å². The summed E-state index contributed by atoms with van der Waals surface area (Å²) in [6.07, 6.45) is 6.27. The maximum Gasteiger partial charge on any atom is 0.270 e. The Morgan fingerprint density at radius 2 is 1.90 bits per heavy atom. The number of aliphatic hydroxyl groups excluding tert-OH is 1. The molecule has 0 bridgehead atoms. The van der Waals surface area contributed by atoms with Crippen LogP contribution in [0.15, 0.2) is 18.2 Å². The molecule has 0 aromatic heterocycles. The molecule has 118 valence electrons. The van der Waals surface area contributed by atoms with Crippen molar-refractivity contribution in [1.82, 2.24) is 0 Å². The van der Waals surface area contributed by atoms with Gasteiger partial charge in [-0.3, -0.25) is 10.1 Å². The summed E-state index contributed by atoms with van der Waals surface area (Å²) in [7, 11) is 0. The highest BCUT2D eigenvalue weighted by molar-refractivity contribution is 5.44. The van der Waals surface area contributed by atoms with Crippen LogP contribution in [0.1, 0.15) is 64.0 Å². The lowest BCUT2D eigenvalue weighted by Crippen LogP contribution is -2.03. The highest BCUT2D eigenvalue weighted by atomic mass is 16.6. The molecule has 1 unspecified atom stereocenters. The predicted molar refractivity (Wildman–Crippen MR) is 82.6 cm³/mol. The first-order chi connectivity index (χ1) is 10.1. The van der Waals surface area contributed by atoms with Gasteiger partial charge >= 0.3 is 0 Å². The lowest BCUT2D eigenvalue weighted by Gasteiger charge is -2.13. The topological polar surface area (TPSA) is 72.6 Å². The number of hydrogen-bond donors (Lipinski definition) is 1. The number of benzene rings is 1. The zero-order valence-corrected chi connectivity index (χ0v) is 12.9. The molecule has 5 nitrogen and oxygen atoms in total. The van der Waals surface area contributed by atoms with E-state index >= 15 is 0 Å². The van der Waals surface area contributed by atoms with Crippen LogP contribution in [-0.2, 0) is 0 Å². The van der Waals surface area contributed by atoms with E-state index in [1.807, 2.05) is 0 Å². The van der Waals surface area contributed by atoms with Gasteiger partial charge in [-0.05, 0) is 19.4 Å². The second kappa shape index (κ2) is 9.34. The van der Waals surface area contributed by atoms with E-state index < -0.39 is 11.0 Å². The largest absolute Gasteiger partial charge is 0.493 e. The van der Waals surface area contributed by atoms with Crippen molar-refractivity contribution in [1.29, 1.82) is 0 Å². The summed E-state index contributed by atoms with van der Waals surface area (Å²) in [5.74, 6) is 0.532. The Kier molecular flexibility index (Phi) is 7.75. The maximum atomic E-state index is 10.8. The van der Waals surface area contributed by atoms with E-state index in [1.54, 1.807) is 13.0 Å². The molecule has 1 aromatic carbocycles. The zero-order valence-electron chi connectivity index (χ0n) is 12.9. The van der Waals surface area contributed by atoms with Crippen molar-refractivity contribution >= 4 is 5.69 Å². The van der Waals surface area contributed by atoms with Crippen molar-refractivity contribution in [3.8, 4) is 5.75 Å². The fourth-order valence-electron chi connectivity index (χ4n) is 2.17. The Labute approximate surface area is 126 Å². The number of aliphatic hydroxyl groups is 1. The van der Waals surface area contributed by atoms with Crippen molar-refractivity contribution in [3.05, 3.63) is 33.9 Å². The second-order valence-electron chi connectivity index (χ2n) is 5.27. The monoisotopic (exact) mass is 295 g/mol. The molecule has 1 aromatic rings. The fraction of sp³-hybridized carbons (Fsp3) is 0.625. The molecule has 21 heavy (non-hydrogen) atoms. The van der Waals surface area contributed by atoms with Crippen LogP contribution in [-0.4, -0.2) is 16.6 Å². The number of ether oxygens (including phenoxy) is 1. The second-order valence-corrected chi connectivity index (χ2v) is 5.27. The number of unbranched alkanes of at least 4 members (excludes halogenated alkanes) is 5.